The largest absolute Gasteiger partial charge is 0.433 e. The highest BCUT2D eigenvalue weighted by atomic mass is 19.4. The standard InChI is InChI=1S/C12H17F3N4/c1-19-3-2-8(7-19)5-17-10-4-11(12(13,14)15)18-6-9(10)16/h4,6,8H,2-3,5,7,16H2,1H3,(H,17,18). The van der Waals surface area contributed by atoms with Crippen molar-refractivity contribution in [2.45, 2.75) is 12.6 Å². The number of likely N-dealkylation sites (tertiary alicyclic amines) is 1. The molecule has 1 aromatic heterocycles. The average molecular weight is 274 g/mol. The van der Waals surface area contributed by atoms with Crippen molar-refractivity contribution in [3.05, 3.63) is 18.0 Å². The van der Waals surface area contributed by atoms with E-state index in [1.54, 1.807) is 0 Å². The van der Waals surface area contributed by atoms with Gasteiger partial charge < -0.3 is 16.0 Å². The van der Waals surface area contributed by atoms with Gasteiger partial charge in [0.1, 0.15) is 5.69 Å². The summed E-state index contributed by atoms with van der Waals surface area (Å²) in [5, 5.41) is 3.00. The Balaban J connectivity index is 2.03. The summed E-state index contributed by atoms with van der Waals surface area (Å²) in [7, 11) is 2.03. The number of nitrogens with one attached hydrogen (secondary N) is 1. The Morgan fingerprint density at radius 1 is 1.53 bits per heavy atom. The van der Waals surface area contributed by atoms with Gasteiger partial charge in [-0.25, -0.2) is 4.98 Å². The van der Waals surface area contributed by atoms with Crippen LogP contribution in [0.4, 0.5) is 24.5 Å². The molecule has 19 heavy (non-hydrogen) atoms. The van der Waals surface area contributed by atoms with E-state index in [0.29, 0.717) is 18.2 Å². The molecule has 3 N–H and O–H groups in total. The monoisotopic (exact) mass is 274 g/mol. The predicted molar refractivity (Wildman–Crippen MR) is 67.7 cm³/mol. The second-order valence-corrected chi connectivity index (χ2v) is 4.95. The van der Waals surface area contributed by atoms with Crippen molar-refractivity contribution in [3.8, 4) is 0 Å². The summed E-state index contributed by atoms with van der Waals surface area (Å²) < 4.78 is 37.7. The summed E-state index contributed by atoms with van der Waals surface area (Å²) in [5.41, 5.74) is 5.26. The molecule has 1 aliphatic heterocycles. The molecule has 0 bridgehead atoms. The van der Waals surface area contributed by atoms with E-state index in [0.717, 1.165) is 31.8 Å². The van der Waals surface area contributed by atoms with Crippen molar-refractivity contribution < 1.29 is 13.2 Å². The van der Waals surface area contributed by atoms with Crippen molar-refractivity contribution in [1.29, 1.82) is 0 Å². The Bertz CT molecular complexity index is 447. The molecule has 1 aliphatic rings. The molecule has 0 radical (unpaired) electrons. The highest BCUT2D eigenvalue weighted by Gasteiger charge is 2.33. The number of anilines is 2. The molecule has 1 unspecified atom stereocenters. The number of hydrogen-bond acceptors (Lipinski definition) is 4. The normalized spacial score (nSPS) is 20.7. The van der Waals surface area contributed by atoms with Crippen molar-refractivity contribution >= 4 is 11.4 Å². The van der Waals surface area contributed by atoms with E-state index in [-0.39, 0.29) is 5.69 Å². The van der Waals surface area contributed by atoms with Crippen molar-refractivity contribution in [3.63, 3.8) is 0 Å². The molecule has 4 nitrogen and oxygen atoms in total. The topological polar surface area (TPSA) is 54.2 Å². The van der Waals surface area contributed by atoms with Gasteiger partial charge in [0.15, 0.2) is 0 Å². The van der Waals surface area contributed by atoms with Gasteiger partial charge in [0.2, 0.25) is 0 Å². The predicted octanol–water partition coefficient (Wildman–Crippen LogP) is 2.05. The zero-order valence-electron chi connectivity index (χ0n) is 10.7. The van der Waals surface area contributed by atoms with E-state index in [4.69, 9.17) is 5.73 Å². The van der Waals surface area contributed by atoms with Crippen molar-refractivity contribution in [2.24, 2.45) is 5.92 Å². The smallest absolute Gasteiger partial charge is 0.396 e. The maximum Gasteiger partial charge on any atom is 0.433 e. The summed E-state index contributed by atoms with van der Waals surface area (Å²) >= 11 is 0. The number of nitrogens with two attached hydrogens (primary N) is 1. The number of halogens is 3. The second-order valence-electron chi connectivity index (χ2n) is 4.95. The van der Waals surface area contributed by atoms with Crippen LogP contribution >= 0.6 is 0 Å². The molecule has 1 aromatic rings. The second kappa shape index (κ2) is 5.24. The fourth-order valence-corrected chi connectivity index (χ4v) is 2.22. The molecule has 7 heteroatoms. The molecule has 0 saturated carbocycles. The van der Waals surface area contributed by atoms with Gasteiger partial charge in [-0.05, 0) is 32.0 Å². The van der Waals surface area contributed by atoms with Gasteiger partial charge in [-0.3, -0.25) is 0 Å². The minimum absolute atomic E-state index is 0.236. The van der Waals surface area contributed by atoms with Crippen LogP contribution in [0.2, 0.25) is 0 Å². The lowest BCUT2D eigenvalue weighted by atomic mass is 10.1. The third kappa shape index (κ3) is 3.50. The third-order valence-corrected chi connectivity index (χ3v) is 3.30. The van der Waals surface area contributed by atoms with Crippen LogP contribution in [0.1, 0.15) is 12.1 Å². The van der Waals surface area contributed by atoms with E-state index >= 15 is 0 Å². The third-order valence-electron chi connectivity index (χ3n) is 3.30. The van der Waals surface area contributed by atoms with Crippen molar-refractivity contribution in [2.75, 3.05) is 37.7 Å². The van der Waals surface area contributed by atoms with Gasteiger partial charge >= 0.3 is 6.18 Å². The fourth-order valence-electron chi connectivity index (χ4n) is 2.22. The number of alkyl halides is 3. The van der Waals surface area contributed by atoms with Gasteiger partial charge in [0.05, 0.1) is 17.6 Å². The van der Waals surface area contributed by atoms with Crippen LogP contribution in [0.25, 0.3) is 0 Å². The van der Waals surface area contributed by atoms with Gasteiger partial charge in [0.25, 0.3) is 0 Å². The quantitative estimate of drug-likeness (QED) is 0.885. The number of aromatic nitrogens is 1. The minimum Gasteiger partial charge on any atom is -0.396 e. The van der Waals surface area contributed by atoms with Crippen LogP contribution in [0, 0.1) is 5.92 Å². The zero-order chi connectivity index (χ0) is 14.0. The van der Waals surface area contributed by atoms with E-state index in [2.05, 4.69) is 15.2 Å². The Kier molecular flexibility index (Phi) is 3.84. The van der Waals surface area contributed by atoms with Crippen LogP contribution in [0.5, 0.6) is 0 Å². The molecule has 1 atom stereocenters. The first-order chi connectivity index (χ1) is 8.86. The average Bonchev–Trinajstić information content (AvgIpc) is 2.72. The first kappa shape index (κ1) is 13.9. The number of pyridine rings is 1. The number of rotatable bonds is 3. The lowest BCUT2D eigenvalue weighted by molar-refractivity contribution is -0.141. The molecule has 0 spiro atoms. The summed E-state index contributed by atoms with van der Waals surface area (Å²) in [6.07, 6.45) is -2.36. The molecule has 0 amide bonds. The number of hydrogen-bond donors (Lipinski definition) is 2. The molecule has 0 aliphatic carbocycles. The van der Waals surface area contributed by atoms with Gasteiger partial charge in [-0.2, -0.15) is 13.2 Å². The summed E-state index contributed by atoms with van der Waals surface area (Å²) in [6, 6.07) is 0.966. The maximum atomic E-state index is 12.6. The van der Waals surface area contributed by atoms with E-state index in [1.165, 1.54) is 0 Å². The summed E-state index contributed by atoms with van der Waals surface area (Å²) in [5.74, 6) is 0.437. The Morgan fingerprint density at radius 3 is 2.84 bits per heavy atom. The molecule has 0 aromatic carbocycles. The minimum atomic E-state index is -4.45. The van der Waals surface area contributed by atoms with Gasteiger partial charge in [-0.1, -0.05) is 0 Å². The SMILES string of the molecule is CN1CCC(CNc2cc(C(F)(F)F)ncc2N)C1. The van der Waals surface area contributed by atoms with E-state index in [9.17, 15) is 13.2 Å². The highest BCUT2D eigenvalue weighted by Crippen LogP contribution is 2.31. The zero-order valence-corrected chi connectivity index (χ0v) is 10.7. The molecular formula is C12H17F3N4. The Labute approximate surface area is 109 Å². The lowest BCUT2D eigenvalue weighted by Crippen LogP contribution is -2.20. The maximum absolute atomic E-state index is 12.6. The molecule has 1 saturated heterocycles. The molecule has 2 rings (SSSR count). The van der Waals surface area contributed by atoms with Crippen molar-refractivity contribution in [1.82, 2.24) is 9.88 Å². The summed E-state index contributed by atoms with van der Waals surface area (Å²) in [6.45, 7) is 2.59. The van der Waals surface area contributed by atoms with Crippen LogP contribution in [-0.4, -0.2) is 36.6 Å². The highest BCUT2D eigenvalue weighted by molar-refractivity contribution is 5.65. The van der Waals surface area contributed by atoms with Crippen LogP contribution in [0.15, 0.2) is 12.3 Å². The van der Waals surface area contributed by atoms with Gasteiger partial charge in [-0.15, -0.1) is 0 Å². The Hall–Kier alpha value is -1.50. The van der Waals surface area contributed by atoms with E-state index < -0.39 is 11.9 Å². The van der Waals surface area contributed by atoms with E-state index in [1.807, 2.05) is 7.05 Å². The lowest BCUT2D eigenvalue weighted by Gasteiger charge is -2.15. The fraction of sp³-hybridized carbons (Fsp3) is 0.583. The number of nitrogens with zero attached hydrogens (tertiary/aromatic N) is 2. The summed E-state index contributed by atoms with van der Waals surface area (Å²) in [4.78, 5) is 5.50. The van der Waals surface area contributed by atoms with Gasteiger partial charge in [0, 0.05) is 13.1 Å². The first-order valence-electron chi connectivity index (χ1n) is 6.11. The first-order valence-corrected chi connectivity index (χ1v) is 6.11. The molecule has 2 heterocycles. The number of nitrogen functional groups attached to an aromatic ring is 1. The molecule has 1 fully saturated rings. The molecular weight excluding hydrogens is 257 g/mol. The molecule has 106 valence electrons. The van der Waals surface area contributed by atoms with Crippen LogP contribution in [0.3, 0.4) is 0 Å². The Morgan fingerprint density at radius 2 is 2.26 bits per heavy atom. The van der Waals surface area contributed by atoms with Crippen LogP contribution in [-0.2, 0) is 6.18 Å². The van der Waals surface area contributed by atoms with Crippen LogP contribution < -0.4 is 11.1 Å².